The van der Waals surface area contributed by atoms with E-state index in [1.165, 1.54) is 0 Å². The number of hydrogen-bond acceptors (Lipinski definition) is 14. The molecule has 12 amide bonds. The third-order valence-corrected chi connectivity index (χ3v) is 8.32. The summed E-state index contributed by atoms with van der Waals surface area (Å²) in [6, 6.07) is -2.29. The third kappa shape index (κ3) is 31.2. The summed E-state index contributed by atoms with van der Waals surface area (Å²) in [4.78, 5) is 143. The van der Waals surface area contributed by atoms with E-state index in [2.05, 4.69) is 42.5 Å². The summed E-state index contributed by atoms with van der Waals surface area (Å²) >= 11 is 0. The van der Waals surface area contributed by atoms with E-state index < -0.39 is 84.2 Å². The number of unbranched alkanes of at least 4 members (excludes halogenated alkanes) is 4. The molecule has 2 unspecified atom stereocenters. The van der Waals surface area contributed by atoms with Crippen molar-refractivity contribution in [3.8, 4) is 0 Å². The summed E-state index contributed by atoms with van der Waals surface area (Å²) in [5.41, 5.74) is 13.7. The minimum Gasteiger partial charge on any atom is -0.368 e. The van der Waals surface area contributed by atoms with Crippen molar-refractivity contribution in [2.45, 2.75) is 108 Å². The van der Waals surface area contributed by atoms with Gasteiger partial charge in [-0.15, -0.1) is 0 Å². The van der Waals surface area contributed by atoms with Crippen molar-refractivity contribution in [1.82, 2.24) is 53.4 Å². The van der Waals surface area contributed by atoms with Gasteiger partial charge in [-0.1, -0.05) is 12.8 Å². The molecule has 0 rings (SSSR count). The van der Waals surface area contributed by atoms with Crippen LogP contribution in [0.2, 0.25) is 0 Å². The molecule has 0 aromatic carbocycles. The number of hydrogen-bond donors (Lipinski definition) is 14. The lowest BCUT2D eigenvalue weighted by Crippen LogP contribution is -2.50. The average Bonchev–Trinajstić information content (AvgIpc) is 3.22. The molecule has 0 bridgehead atoms. The van der Waals surface area contributed by atoms with Gasteiger partial charge in [-0.2, -0.15) is 0 Å². The number of nitrogens with two attached hydrogens (primary N) is 4. The molecule has 0 aliphatic carbocycles. The molecule has 0 radical (unpaired) electrons. The Bertz CT molecular complexity index is 1510. The number of rotatable bonds is 34. The highest BCUT2D eigenvalue weighted by atomic mass is 16.2. The van der Waals surface area contributed by atoms with Gasteiger partial charge in [0.2, 0.25) is 59.1 Å². The minimum atomic E-state index is -1.15. The maximum Gasteiger partial charge on any atom is 0.253 e. The predicted molar refractivity (Wildman–Crippen MR) is 214 cm³/mol. The van der Waals surface area contributed by atoms with Crippen LogP contribution in [-0.2, 0) is 57.5 Å². The van der Waals surface area contributed by atoms with Crippen LogP contribution in [-0.4, -0.2) is 122 Å². The smallest absolute Gasteiger partial charge is 0.253 e. The highest BCUT2D eigenvalue weighted by Crippen LogP contribution is 2.05. The molecule has 61 heavy (non-hydrogen) atoms. The molecular formula is C35H62N14O12. The first kappa shape index (κ1) is 54.6. The molecule has 0 aliphatic rings. The molecule has 2 atom stereocenters. The van der Waals surface area contributed by atoms with E-state index >= 15 is 0 Å². The van der Waals surface area contributed by atoms with E-state index in [0.29, 0.717) is 58.0 Å². The second kappa shape index (κ2) is 33.4. The van der Waals surface area contributed by atoms with Crippen molar-refractivity contribution in [2.24, 2.45) is 23.2 Å². The van der Waals surface area contributed by atoms with E-state index in [1.807, 2.05) is 10.9 Å². The van der Waals surface area contributed by atoms with Gasteiger partial charge in [0.1, 0.15) is 12.1 Å². The summed E-state index contributed by atoms with van der Waals surface area (Å²) < 4.78 is 0. The first-order valence-electron chi connectivity index (χ1n) is 19.7. The van der Waals surface area contributed by atoms with Gasteiger partial charge in [0.15, 0.2) is 0 Å². The maximum absolute atomic E-state index is 12.6. The first-order valence-corrected chi connectivity index (χ1v) is 19.7. The quantitative estimate of drug-likeness (QED) is 0.0124. The molecule has 0 aliphatic heterocycles. The van der Waals surface area contributed by atoms with Crippen LogP contribution in [0.3, 0.4) is 0 Å². The number of carbonyl (C=O) groups is 12. The number of carbonyl (C=O) groups excluding carboxylic acids is 12. The lowest BCUT2D eigenvalue weighted by Gasteiger charge is -2.18. The average molecular weight is 871 g/mol. The molecule has 0 aromatic heterocycles. The Morgan fingerprint density at radius 3 is 1.10 bits per heavy atom. The van der Waals surface area contributed by atoms with E-state index in [0.717, 1.165) is 0 Å². The van der Waals surface area contributed by atoms with Crippen LogP contribution < -0.4 is 76.5 Å². The second-order valence-electron chi connectivity index (χ2n) is 13.5. The van der Waals surface area contributed by atoms with Crippen molar-refractivity contribution in [1.29, 1.82) is 0 Å². The van der Waals surface area contributed by atoms with Gasteiger partial charge < -0.3 is 54.0 Å². The van der Waals surface area contributed by atoms with Crippen LogP contribution in [0.15, 0.2) is 0 Å². The van der Waals surface area contributed by atoms with Crippen LogP contribution in [0.25, 0.3) is 0 Å². The Hall–Kier alpha value is -6.44. The van der Waals surface area contributed by atoms with Crippen molar-refractivity contribution in [3.63, 3.8) is 0 Å². The van der Waals surface area contributed by atoms with Crippen LogP contribution in [0.1, 0.15) is 96.3 Å². The number of primary amides is 2. The Labute approximate surface area is 352 Å². The maximum atomic E-state index is 12.6. The molecular weight excluding hydrogens is 808 g/mol. The Morgan fingerprint density at radius 1 is 0.344 bits per heavy atom. The minimum absolute atomic E-state index is 0.0423. The fourth-order valence-corrected chi connectivity index (χ4v) is 5.07. The van der Waals surface area contributed by atoms with Crippen LogP contribution in [0.5, 0.6) is 0 Å². The van der Waals surface area contributed by atoms with Crippen molar-refractivity contribution < 1.29 is 57.5 Å². The van der Waals surface area contributed by atoms with Gasteiger partial charge in [0.25, 0.3) is 11.8 Å². The zero-order valence-corrected chi connectivity index (χ0v) is 34.2. The number of amides is 12. The highest BCUT2D eigenvalue weighted by Gasteiger charge is 2.24. The van der Waals surface area contributed by atoms with Gasteiger partial charge in [-0.3, -0.25) is 68.4 Å². The molecule has 0 heterocycles. The van der Waals surface area contributed by atoms with Gasteiger partial charge in [0, 0.05) is 51.6 Å². The highest BCUT2D eigenvalue weighted by molar-refractivity contribution is 5.92. The van der Waals surface area contributed by atoms with E-state index in [-0.39, 0.29) is 76.3 Å². The van der Waals surface area contributed by atoms with Crippen LogP contribution in [0.4, 0.5) is 0 Å². The van der Waals surface area contributed by atoms with E-state index in [4.69, 9.17) is 23.2 Å². The Balaban J connectivity index is 4.33. The largest absolute Gasteiger partial charge is 0.368 e. The van der Waals surface area contributed by atoms with Gasteiger partial charge in [-0.25, -0.2) is 11.7 Å². The summed E-state index contributed by atoms with van der Waals surface area (Å²) in [6.07, 6.45) is 3.11. The Kier molecular flexibility index (Phi) is 29.9. The molecule has 0 spiro atoms. The molecule has 0 saturated heterocycles. The molecule has 0 aromatic rings. The fourth-order valence-electron chi connectivity index (χ4n) is 5.07. The molecule has 0 saturated carbocycles. The lowest BCUT2D eigenvalue weighted by molar-refractivity contribution is -0.131. The van der Waals surface area contributed by atoms with Gasteiger partial charge >= 0.3 is 0 Å². The summed E-state index contributed by atoms with van der Waals surface area (Å²) in [6.45, 7) is -0.992. The van der Waals surface area contributed by atoms with E-state index in [1.54, 1.807) is 0 Å². The van der Waals surface area contributed by atoms with Crippen molar-refractivity contribution in [2.75, 3.05) is 39.3 Å². The van der Waals surface area contributed by atoms with E-state index in [9.17, 15) is 57.5 Å². The first-order chi connectivity index (χ1) is 29.0. The topological polar surface area (TPSA) is 429 Å². The van der Waals surface area contributed by atoms with Crippen molar-refractivity contribution in [3.05, 3.63) is 0 Å². The molecule has 18 N–H and O–H groups in total. The molecule has 0 fully saturated rings. The summed E-state index contributed by atoms with van der Waals surface area (Å²) in [5.74, 6) is 3.11. The number of nitrogens with one attached hydrogen (secondary N) is 10. The molecule has 26 heteroatoms. The lowest BCUT2D eigenvalue weighted by atomic mass is 10.1. The number of hydrazine groups is 2. The zero-order valence-electron chi connectivity index (χ0n) is 34.2. The molecule has 344 valence electrons. The second-order valence-corrected chi connectivity index (χ2v) is 13.5. The SMILES string of the molecule is NNC(=O)CNC(=O)CCC(NC(=O)CCCCCNC(=O)CCCC(=O)NCCCCCC(=O)NC(CCC(=O)NCC(N)=O)C(=O)NCC(N)=O)C(=O)NCC(=O)NN. The van der Waals surface area contributed by atoms with Crippen LogP contribution in [0, 0.1) is 0 Å². The van der Waals surface area contributed by atoms with Gasteiger partial charge in [-0.05, 0) is 44.9 Å². The normalized spacial score (nSPS) is 11.3. The Morgan fingerprint density at radius 2 is 0.689 bits per heavy atom. The predicted octanol–water partition coefficient (Wildman–Crippen LogP) is -6.54. The van der Waals surface area contributed by atoms with Crippen LogP contribution >= 0.6 is 0 Å². The molecule has 26 nitrogen and oxygen atoms in total. The third-order valence-electron chi connectivity index (χ3n) is 8.32. The van der Waals surface area contributed by atoms with Crippen molar-refractivity contribution >= 4 is 70.9 Å². The summed E-state index contributed by atoms with van der Waals surface area (Å²) in [7, 11) is 0. The standard InChI is InChI=1S/C35H62N14O12/c36-24(50)18-42-28(54)14-12-22(34(60)44-19-25(37)51)46-30(56)8-3-1-5-16-40-26(52)10-7-11-27(53)41-17-6-2-4-9-31(57)47-23(35(61)45-21-33(59)49-39)13-15-29(55)43-20-32(58)48-38/h22-23H,1-21,38-39H2,(H2,36,50)(H2,37,51)(H,40,52)(H,41,53)(H,42,54)(H,43,55)(H,44,60)(H,45,61)(H,46,56)(H,47,57)(H,48,58)(H,49,59). The zero-order chi connectivity index (χ0) is 46.0. The summed E-state index contributed by atoms with van der Waals surface area (Å²) in [5, 5.41) is 19.7. The fraction of sp³-hybridized carbons (Fsp3) is 0.657. The van der Waals surface area contributed by atoms with Gasteiger partial charge in [0.05, 0.1) is 26.2 Å². The monoisotopic (exact) mass is 870 g/mol.